The molecule has 0 saturated heterocycles. The summed E-state index contributed by atoms with van der Waals surface area (Å²) in [5.41, 5.74) is 2.93. The first-order valence-corrected chi connectivity index (χ1v) is 8.67. The van der Waals surface area contributed by atoms with Gasteiger partial charge in [0, 0.05) is 31.4 Å². The summed E-state index contributed by atoms with van der Waals surface area (Å²) in [4.78, 5) is 38.0. The molecular weight excluding hydrogens is 342 g/mol. The number of hydrogen-bond donors (Lipinski definition) is 2. The Morgan fingerprint density at radius 3 is 2.59 bits per heavy atom. The molecule has 0 aliphatic carbocycles. The van der Waals surface area contributed by atoms with E-state index in [1.165, 1.54) is 6.92 Å². The quantitative estimate of drug-likeness (QED) is 0.877. The number of rotatable bonds is 4. The van der Waals surface area contributed by atoms with Gasteiger partial charge in [-0.3, -0.25) is 14.4 Å². The Balaban J connectivity index is 1.79. The Morgan fingerprint density at radius 2 is 1.85 bits per heavy atom. The van der Waals surface area contributed by atoms with Crippen molar-refractivity contribution in [3.05, 3.63) is 71.4 Å². The third kappa shape index (κ3) is 4.06. The van der Waals surface area contributed by atoms with Crippen molar-refractivity contribution in [3.8, 4) is 0 Å². The van der Waals surface area contributed by atoms with Crippen molar-refractivity contribution in [1.29, 1.82) is 0 Å². The zero-order chi connectivity index (χ0) is 19.4. The third-order valence-corrected chi connectivity index (χ3v) is 4.48. The molecular formula is C21H21N3O3. The Labute approximate surface area is 157 Å². The first-order chi connectivity index (χ1) is 13.0. The number of hydrogen-bond acceptors (Lipinski definition) is 3. The summed E-state index contributed by atoms with van der Waals surface area (Å²) < 4.78 is 0. The van der Waals surface area contributed by atoms with E-state index in [9.17, 15) is 14.4 Å². The van der Waals surface area contributed by atoms with Crippen molar-refractivity contribution >= 4 is 29.5 Å². The zero-order valence-electron chi connectivity index (χ0n) is 15.2. The average Bonchev–Trinajstić information content (AvgIpc) is 2.67. The summed E-state index contributed by atoms with van der Waals surface area (Å²) >= 11 is 0. The Morgan fingerprint density at radius 1 is 1.07 bits per heavy atom. The van der Waals surface area contributed by atoms with Crippen LogP contribution >= 0.6 is 0 Å². The lowest BCUT2D eigenvalue weighted by atomic mass is 9.93. The first-order valence-electron chi connectivity index (χ1n) is 8.67. The molecule has 1 aliphatic rings. The van der Waals surface area contributed by atoms with Crippen LogP contribution in [0.5, 0.6) is 0 Å². The summed E-state index contributed by atoms with van der Waals surface area (Å²) in [5.74, 6) is -0.578. The third-order valence-electron chi connectivity index (χ3n) is 4.48. The number of amides is 3. The largest absolute Gasteiger partial charge is 0.355 e. The molecule has 1 heterocycles. The molecule has 1 unspecified atom stereocenters. The van der Waals surface area contributed by atoms with Crippen LogP contribution < -0.4 is 10.6 Å². The van der Waals surface area contributed by atoms with Gasteiger partial charge in [-0.15, -0.1) is 0 Å². The van der Waals surface area contributed by atoms with E-state index in [4.69, 9.17) is 0 Å². The van der Waals surface area contributed by atoms with Crippen molar-refractivity contribution in [2.45, 2.75) is 19.4 Å². The monoisotopic (exact) mass is 363 g/mol. The van der Waals surface area contributed by atoms with Crippen molar-refractivity contribution in [2.75, 3.05) is 12.4 Å². The van der Waals surface area contributed by atoms with Crippen LogP contribution in [-0.2, 0) is 9.59 Å². The molecule has 0 bridgehead atoms. The van der Waals surface area contributed by atoms with E-state index in [1.54, 1.807) is 42.4 Å². The second-order valence-corrected chi connectivity index (χ2v) is 6.30. The van der Waals surface area contributed by atoms with E-state index >= 15 is 0 Å². The van der Waals surface area contributed by atoms with Gasteiger partial charge in [-0.2, -0.15) is 0 Å². The Bertz CT molecular complexity index is 920. The number of carbonyl (C=O) groups is 3. The van der Waals surface area contributed by atoms with Crippen LogP contribution in [0.2, 0.25) is 0 Å². The highest BCUT2D eigenvalue weighted by atomic mass is 16.2. The van der Waals surface area contributed by atoms with Crippen LogP contribution in [0.4, 0.5) is 5.69 Å². The summed E-state index contributed by atoms with van der Waals surface area (Å²) in [6.07, 6.45) is 3.71. The van der Waals surface area contributed by atoms with Gasteiger partial charge in [-0.1, -0.05) is 30.3 Å². The number of fused-ring (bicyclic) bond motifs is 1. The standard InChI is InChI=1S/C21H21N3O3/c1-14(25)24-11-10-15-6-3-4-9-18(15)19(24)13-20(26)23-17-8-5-7-16(12-17)21(27)22-2/h3-12,19H,13H2,1-2H3,(H,22,27)(H,23,26). The lowest BCUT2D eigenvalue weighted by molar-refractivity contribution is -0.129. The van der Waals surface area contributed by atoms with E-state index in [0.717, 1.165) is 11.1 Å². The summed E-state index contributed by atoms with van der Waals surface area (Å²) in [6.45, 7) is 1.48. The van der Waals surface area contributed by atoms with Crippen molar-refractivity contribution in [3.63, 3.8) is 0 Å². The molecule has 2 N–H and O–H groups in total. The van der Waals surface area contributed by atoms with Gasteiger partial charge in [0.15, 0.2) is 0 Å². The second kappa shape index (κ2) is 7.86. The summed E-state index contributed by atoms with van der Waals surface area (Å²) in [6, 6.07) is 14.1. The zero-order valence-corrected chi connectivity index (χ0v) is 15.2. The summed E-state index contributed by atoms with van der Waals surface area (Å²) in [5, 5.41) is 5.37. The minimum Gasteiger partial charge on any atom is -0.355 e. The van der Waals surface area contributed by atoms with Gasteiger partial charge in [-0.05, 0) is 35.4 Å². The van der Waals surface area contributed by atoms with Crippen LogP contribution in [0.3, 0.4) is 0 Å². The van der Waals surface area contributed by atoms with Gasteiger partial charge in [0.25, 0.3) is 5.91 Å². The summed E-state index contributed by atoms with van der Waals surface area (Å²) in [7, 11) is 1.55. The molecule has 0 spiro atoms. The van der Waals surface area contributed by atoms with E-state index < -0.39 is 0 Å². The van der Waals surface area contributed by atoms with Gasteiger partial charge < -0.3 is 15.5 Å². The maximum absolute atomic E-state index is 12.6. The lowest BCUT2D eigenvalue weighted by Crippen LogP contribution is -2.33. The molecule has 1 atom stereocenters. The smallest absolute Gasteiger partial charge is 0.251 e. The normalized spacial score (nSPS) is 15.0. The Hall–Kier alpha value is -3.41. The van der Waals surface area contributed by atoms with Gasteiger partial charge >= 0.3 is 0 Å². The molecule has 138 valence electrons. The van der Waals surface area contributed by atoms with Crippen molar-refractivity contribution < 1.29 is 14.4 Å². The highest BCUT2D eigenvalue weighted by Gasteiger charge is 2.28. The molecule has 6 nitrogen and oxygen atoms in total. The molecule has 2 aromatic rings. The first kappa shape index (κ1) is 18.4. The van der Waals surface area contributed by atoms with E-state index in [0.29, 0.717) is 11.3 Å². The molecule has 1 aliphatic heterocycles. The van der Waals surface area contributed by atoms with Gasteiger partial charge in [0.05, 0.1) is 12.5 Å². The minimum absolute atomic E-state index is 0.116. The van der Waals surface area contributed by atoms with Crippen molar-refractivity contribution in [1.82, 2.24) is 10.2 Å². The molecule has 0 fully saturated rings. The molecule has 27 heavy (non-hydrogen) atoms. The van der Waals surface area contributed by atoms with Crippen molar-refractivity contribution in [2.24, 2.45) is 0 Å². The van der Waals surface area contributed by atoms with Crippen LogP contribution in [0, 0.1) is 0 Å². The molecule has 3 amide bonds. The number of nitrogens with one attached hydrogen (secondary N) is 2. The van der Waals surface area contributed by atoms with Gasteiger partial charge in [-0.25, -0.2) is 0 Å². The van der Waals surface area contributed by atoms with E-state index in [-0.39, 0.29) is 30.2 Å². The molecule has 0 radical (unpaired) electrons. The fourth-order valence-electron chi connectivity index (χ4n) is 3.18. The predicted molar refractivity (Wildman–Crippen MR) is 104 cm³/mol. The lowest BCUT2D eigenvalue weighted by Gasteiger charge is -2.32. The number of nitrogens with zero attached hydrogens (tertiary/aromatic N) is 1. The number of anilines is 1. The van der Waals surface area contributed by atoms with Gasteiger partial charge in [0.1, 0.15) is 0 Å². The van der Waals surface area contributed by atoms with E-state index in [2.05, 4.69) is 10.6 Å². The molecule has 2 aromatic carbocycles. The number of carbonyl (C=O) groups excluding carboxylic acids is 3. The molecule has 0 aromatic heterocycles. The highest BCUT2D eigenvalue weighted by molar-refractivity contribution is 5.97. The van der Waals surface area contributed by atoms with Crippen LogP contribution in [0.1, 0.15) is 40.9 Å². The number of benzene rings is 2. The van der Waals surface area contributed by atoms with Crippen LogP contribution in [0.25, 0.3) is 6.08 Å². The van der Waals surface area contributed by atoms with Gasteiger partial charge in [0.2, 0.25) is 11.8 Å². The molecule has 3 rings (SSSR count). The van der Waals surface area contributed by atoms with Crippen LogP contribution in [-0.4, -0.2) is 29.7 Å². The average molecular weight is 363 g/mol. The fourth-order valence-corrected chi connectivity index (χ4v) is 3.18. The Kier molecular flexibility index (Phi) is 5.35. The fraction of sp³-hybridized carbons (Fsp3) is 0.190. The SMILES string of the molecule is CNC(=O)c1cccc(NC(=O)CC2c3ccccc3C=CN2C(C)=O)c1. The van der Waals surface area contributed by atoms with E-state index in [1.807, 2.05) is 30.3 Å². The topological polar surface area (TPSA) is 78.5 Å². The minimum atomic E-state index is -0.370. The molecule has 6 heteroatoms. The second-order valence-electron chi connectivity index (χ2n) is 6.30. The maximum Gasteiger partial charge on any atom is 0.251 e. The maximum atomic E-state index is 12.6. The predicted octanol–water partition coefficient (Wildman–Crippen LogP) is 2.95. The van der Waals surface area contributed by atoms with Crippen LogP contribution in [0.15, 0.2) is 54.7 Å². The highest BCUT2D eigenvalue weighted by Crippen LogP contribution is 2.33. The molecule has 0 saturated carbocycles.